The molecule has 2 heterocycles. The highest BCUT2D eigenvalue weighted by Gasteiger charge is 2.14. The molecule has 0 bridgehead atoms. The molecule has 0 saturated heterocycles. The Morgan fingerprint density at radius 2 is 1.65 bits per heavy atom. The minimum atomic E-state index is 0.836. The first-order valence-corrected chi connectivity index (χ1v) is 8.87. The van der Waals surface area contributed by atoms with Crippen molar-refractivity contribution in [1.29, 1.82) is 0 Å². The summed E-state index contributed by atoms with van der Waals surface area (Å²) in [5.41, 5.74) is 4.57. The van der Waals surface area contributed by atoms with Crippen LogP contribution < -0.4 is 4.74 Å². The maximum Gasteiger partial charge on any atom is 0.127 e. The van der Waals surface area contributed by atoms with Crippen LogP contribution in [0.1, 0.15) is 24.0 Å². The lowest BCUT2D eigenvalue weighted by molar-refractivity contribution is 0.482. The van der Waals surface area contributed by atoms with Crippen LogP contribution in [0.4, 0.5) is 0 Å². The van der Waals surface area contributed by atoms with Crippen molar-refractivity contribution in [1.82, 2.24) is 4.98 Å². The van der Waals surface area contributed by atoms with Crippen molar-refractivity contribution in [3.63, 3.8) is 0 Å². The van der Waals surface area contributed by atoms with Gasteiger partial charge in [-0.05, 0) is 66.5 Å². The van der Waals surface area contributed by atoms with Gasteiger partial charge in [-0.15, -0.1) is 0 Å². The van der Waals surface area contributed by atoms with E-state index in [4.69, 9.17) is 9.73 Å². The molecule has 0 fully saturated rings. The molecule has 0 N–H and O–H groups in total. The number of hydrogen-bond acceptors (Lipinski definition) is 3. The molecule has 0 spiro atoms. The highest BCUT2D eigenvalue weighted by Crippen LogP contribution is 2.25. The molecule has 1 aliphatic heterocycles. The van der Waals surface area contributed by atoms with Gasteiger partial charge < -0.3 is 4.74 Å². The van der Waals surface area contributed by atoms with E-state index in [1.165, 1.54) is 5.57 Å². The first-order valence-electron chi connectivity index (χ1n) is 8.87. The van der Waals surface area contributed by atoms with Crippen LogP contribution in [0, 0.1) is 0 Å². The van der Waals surface area contributed by atoms with Gasteiger partial charge in [-0.1, -0.05) is 30.3 Å². The molecule has 0 saturated carbocycles. The topological polar surface area (TPSA) is 34.5 Å². The number of allylic oxidation sites excluding steroid dienone is 1. The van der Waals surface area contributed by atoms with E-state index < -0.39 is 0 Å². The molecule has 0 unspecified atom stereocenters. The number of aromatic nitrogens is 1. The molecule has 4 rings (SSSR count). The Morgan fingerprint density at radius 3 is 2.42 bits per heavy atom. The van der Waals surface area contributed by atoms with Gasteiger partial charge in [-0.3, -0.25) is 9.98 Å². The van der Waals surface area contributed by atoms with Gasteiger partial charge in [0.25, 0.3) is 0 Å². The highest BCUT2D eigenvalue weighted by atomic mass is 16.5. The third-order valence-electron chi connectivity index (χ3n) is 4.31. The average Bonchev–Trinajstić information content (AvgIpc) is 2.71. The Labute approximate surface area is 153 Å². The Balaban J connectivity index is 1.55. The second-order valence-corrected chi connectivity index (χ2v) is 6.23. The van der Waals surface area contributed by atoms with Crippen molar-refractivity contribution in [3.8, 4) is 11.5 Å². The molecule has 0 radical (unpaired) electrons. The van der Waals surface area contributed by atoms with Gasteiger partial charge in [-0.25, -0.2) is 0 Å². The third kappa shape index (κ3) is 3.89. The molecule has 26 heavy (non-hydrogen) atoms. The highest BCUT2D eigenvalue weighted by molar-refractivity contribution is 6.15. The fraction of sp³-hybridized carbons (Fsp3) is 0.130. The normalized spacial score (nSPS) is 15.5. The summed E-state index contributed by atoms with van der Waals surface area (Å²) in [7, 11) is 0. The van der Waals surface area contributed by atoms with E-state index in [2.05, 4.69) is 29.3 Å². The number of aliphatic imine (C=N–C) groups is 1. The summed E-state index contributed by atoms with van der Waals surface area (Å²) in [6, 6.07) is 22.0. The average molecular weight is 340 g/mol. The number of ether oxygens (including phenoxy) is 1. The lowest BCUT2D eigenvalue weighted by Gasteiger charge is -2.16. The predicted octanol–water partition coefficient (Wildman–Crippen LogP) is 5.54. The van der Waals surface area contributed by atoms with Crippen molar-refractivity contribution in [2.24, 2.45) is 4.99 Å². The summed E-state index contributed by atoms with van der Waals surface area (Å²) in [5, 5.41) is 0. The quantitative estimate of drug-likeness (QED) is 0.625. The van der Waals surface area contributed by atoms with Crippen molar-refractivity contribution >= 4 is 11.8 Å². The third-order valence-corrected chi connectivity index (χ3v) is 4.31. The molecular formula is C23H20N2O. The summed E-state index contributed by atoms with van der Waals surface area (Å²) >= 11 is 0. The van der Waals surface area contributed by atoms with Crippen LogP contribution in [0.5, 0.6) is 11.5 Å². The molecule has 1 aliphatic rings. The largest absolute Gasteiger partial charge is 0.457 e. The molecule has 128 valence electrons. The molecule has 3 nitrogen and oxygen atoms in total. The van der Waals surface area contributed by atoms with Gasteiger partial charge >= 0.3 is 0 Å². The van der Waals surface area contributed by atoms with Gasteiger partial charge in [0.1, 0.15) is 11.5 Å². The summed E-state index contributed by atoms with van der Waals surface area (Å²) in [6.07, 6.45) is 8.02. The summed E-state index contributed by atoms with van der Waals surface area (Å²) < 4.78 is 5.86. The zero-order valence-electron chi connectivity index (χ0n) is 14.5. The van der Waals surface area contributed by atoms with Crippen LogP contribution in [-0.2, 0) is 0 Å². The van der Waals surface area contributed by atoms with E-state index >= 15 is 0 Å². The van der Waals surface area contributed by atoms with Crippen LogP contribution in [0.3, 0.4) is 0 Å². The molecule has 1 aromatic heterocycles. The van der Waals surface area contributed by atoms with Gasteiger partial charge in [0.2, 0.25) is 0 Å². The van der Waals surface area contributed by atoms with Crippen molar-refractivity contribution < 1.29 is 4.74 Å². The Bertz CT molecular complexity index is 913. The van der Waals surface area contributed by atoms with E-state index in [0.717, 1.165) is 47.7 Å². The van der Waals surface area contributed by atoms with Gasteiger partial charge in [0.15, 0.2) is 0 Å². The minimum Gasteiger partial charge on any atom is -0.457 e. The Kier molecular flexibility index (Phi) is 4.88. The van der Waals surface area contributed by atoms with Crippen LogP contribution in [0.25, 0.3) is 6.08 Å². The van der Waals surface area contributed by atoms with Crippen LogP contribution >= 0.6 is 0 Å². The second-order valence-electron chi connectivity index (χ2n) is 6.23. The molecule has 3 aromatic rings. The first-order chi connectivity index (χ1) is 12.9. The molecule has 0 amide bonds. The SMILES string of the molecule is C(=C1CCCN=C1c1cccnc1)c1ccc(Oc2ccccc2)cc1. The molecule has 2 aromatic carbocycles. The lowest BCUT2D eigenvalue weighted by Crippen LogP contribution is -2.11. The van der Waals surface area contributed by atoms with Gasteiger partial charge in [0.05, 0.1) is 5.71 Å². The minimum absolute atomic E-state index is 0.836. The maximum atomic E-state index is 5.86. The van der Waals surface area contributed by atoms with Crippen LogP contribution in [-0.4, -0.2) is 17.2 Å². The van der Waals surface area contributed by atoms with E-state index in [9.17, 15) is 0 Å². The van der Waals surface area contributed by atoms with Crippen LogP contribution in [0.2, 0.25) is 0 Å². The van der Waals surface area contributed by atoms with E-state index in [1.807, 2.05) is 54.7 Å². The van der Waals surface area contributed by atoms with E-state index in [-0.39, 0.29) is 0 Å². The predicted molar refractivity (Wildman–Crippen MR) is 106 cm³/mol. The van der Waals surface area contributed by atoms with Gasteiger partial charge in [0, 0.05) is 24.5 Å². The zero-order chi connectivity index (χ0) is 17.6. The van der Waals surface area contributed by atoms with Gasteiger partial charge in [-0.2, -0.15) is 0 Å². The second kappa shape index (κ2) is 7.79. The Morgan fingerprint density at radius 1 is 0.846 bits per heavy atom. The maximum absolute atomic E-state index is 5.86. The van der Waals surface area contributed by atoms with Crippen molar-refractivity contribution in [3.05, 3.63) is 95.8 Å². The molecular weight excluding hydrogens is 320 g/mol. The number of para-hydroxylation sites is 1. The fourth-order valence-corrected chi connectivity index (χ4v) is 3.06. The first kappa shape index (κ1) is 16.3. The summed E-state index contributed by atoms with van der Waals surface area (Å²) in [6.45, 7) is 0.880. The lowest BCUT2D eigenvalue weighted by atomic mass is 9.95. The van der Waals surface area contributed by atoms with Crippen molar-refractivity contribution in [2.45, 2.75) is 12.8 Å². The molecule has 0 atom stereocenters. The number of rotatable bonds is 4. The number of pyridine rings is 1. The number of nitrogens with zero attached hydrogens (tertiary/aromatic N) is 2. The molecule has 3 heteroatoms. The van der Waals surface area contributed by atoms with E-state index in [0.29, 0.717) is 0 Å². The summed E-state index contributed by atoms with van der Waals surface area (Å²) in [5.74, 6) is 1.68. The number of hydrogen-bond donors (Lipinski definition) is 0. The summed E-state index contributed by atoms with van der Waals surface area (Å²) in [4.78, 5) is 8.96. The fourth-order valence-electron chi connectivity index (χ4n) is 3.06. The zero-order valence-corrected chi connectivity index (χ0v) is 14.5. The van der Waals surface area contributed by atoms with Crippen LogP contribution in [0.15, 0.2) is 89.7 Å². The monoisotopic (exact) mass is 340 g/mol. The smallest absolute Gasteiger partial charge is 0.127 e. The Hall–Kier alpha value is -3.20. The molecule has 0 aliphatic carbocycles. The van der Waals surface area contributed by atoms with E-state index in [1.54, 1.807) is 6.20 Å². The van der Waals surface area contributed by atoms with Crippen molar-refractivity contribution in [2.75, 3.05) is 6.54 Å². The standard InChI is InChI=1S/C23H20N2O/c1-2-8-21(9-3-1)26-22-12-10-18(11-13-22)16-19-6-5-15-25-23(19)20-7-4-14-24-17-20/h1-4,7-14,16-17H,5-6,15H2. The number of benzene rings is 2.